The number of methoxy groups -OCH3 is 1. The van der Waals surface area contributed by atoms with Gasteiger partial charge in [-0.15, -0.1) is 0 Å². The molecule has 3 aliphatic rings. The highest BCUT2D eigenvalue weighted by atomic mass is 16.5. The second kappa shape index (κ2) is 12.3. The van der Waals surface area contributed by atoms with Crippen molar-refractivity contribution < 1.29 is 14.3 Å². The van der Waals surface area contributed by atoms with E-state index in [9.17, 15) is 9.59 Å². The first kappa shape index (κ1) is 26.7. The van der Waals surface area contributed by atoms with Crippen LogP contribution in [-0.2, 0) is 16.1 Å². The van der Waals surface area contributed by atoms with Crippen molar-refractivity contribution in [3.8, 4) is 5.75 Å². The summed E-state index contributed by atoms with van der Waals surface area (Å²) in [7, 11) is 1.67. The Morgan fingerprint density at radius 1 is 0.974 bits per heavy atom. The monoisotopic (exact) mass is 517 g/mol. The van der Waals surface area contributed by atoms with Gasteiger partial charge in [0.15, 0.2) is 0 Å². The molecule has 3 fully saturated rings. The molecular weight excluding hydrogens is 474 g/mol. The lowest BCUT2D eigenvalue weighted by Crippen LogP contribution is -2.45. The van der Waals surface area contributed by atoms with Crippen LogP contribution < -0.4 is 10.1 Å². The van der Waals surface area contributed by atoms with E-state index in [0.29, 0.717) is 12.5 Å². The number of ether oxygens (including phenoxy) is 1. The first-order valence-electron chi connectivity index (χ1n) is 14.6. The Kier molecular flexibility index (Phi) is 8.68. The quantitative estimate of drug-likeness (QED) is 0.488. The minimum atomic E-state index is -0.197. The molecule has 1 unspecified atom stereocenters. The highest BCUT2D eigenvalue weighted by Crippen LogP contribution is 2.42. The van der Waals surface area contributed by atoms with E-state index in [4.69, 9.17) is 4.74 Å². The summed E-state index contributed by atoms with van der Waals surface area (Å²) in [4.78, 5) is 31.1. The van der Waals surface area contributed by atoms with Gasteiger partial charge in [-0.1, -0.05) is 61.7 Å². The lowest BCUT2D eigenvalue weighted by Gasteiger charge is -2.38. The van der Waals surface area contributed by atoms with E-state index in [0.717, 1.165) is 76.0 Å². The summed E-state index contributed by atoms with van der Waals surface area (Å²) in [6, 6.07) is 18.5. The fourth-order valence-corrected chi connectivity index (χ4v) is 6.64. The topological polar surface area (TPSA) is 61.9 Å². The molecule has 1 N–H and O–H groups in total. The van der Waals surface area contributed by atoms with Crippen LogP contribution in [-0.4, -0.2) is 54.9 Å². The van der Waals surface area contributed by atoms with Crippen LogP contribution in [0.2, 0.25) is 0 Å². The van der Waals surface area contributed by atoms with Gasteiger partial charge < -0.3 is 19.9 Å². The fourth-order valence-electron chi connectivity index (χ4n) is 6.64. The van der Waals surface area contributed by atoms with Crippen molar-refractivity contribution in [2.75, 3.05) is 33.3 Å². The summed E-state index contributed by atoms with van der Waals surface area (Å²) in [5, 5.41) is 3.40. The van der Waals surface area contributed by atoms with Gasteiger partial charge in [-0.05, 0) is 74.9 Å². The third-order valence-corrected chi connectivity index (χ3v) is 9.18. The molecule has 1 spiro atoms. The van der Waals surface area contributed by atoms with Gasteiger partial charge in [0, 0.05) is 25.6 Å². The molecule has 1 aliphatic carbocycles. The van der Waals surface area contributed by atoms with Crippen molar-refractivity contribution >= 4 is 11.8 Å². The van der Waals surface area contributed by atoms with Crippen LogP contribution in [0.1, 0.15) is 75.0 Å². The molecule has 2 aliphatic heterocycles. The zero-order chi connectivity index (χ0) is 26.4. The third-order valence-electron chi connectivity index (χ3n) is 9.18. The number of likely N-dealkylation sites (tertiary alicyclic amines) is 2. The number of nitrogens with zero attached hydrogens (tertiary/aromatic N) is 2. The van der Waals surface area contributed by atoms with Crippen molar-refractivity contribution in [2.45, 2.75) is 70.4 Å². The van der Waals surface area contributed by atoms with Gasteiger partial charge in [0.1, 0.15) is 5.75 Å². The van der Waals surface area contributed by atoms with Gasteiger partial charge in [-0.2, -0.15) is 0 Å². The van der Waals surface area contributed by atoms with Crippen LogP contribution in [0.25, 0.3) is 0 Å². The summed E-state index contributed by atoms with van der Waals surface area (Å²) >= 11 is 0. The van der Waals surface area contributed by atoms with E-state index >= 15 is 0 Å². The summed E-state index contributed by atoms with van der Waals surface area (Å²) in [5.74, 6) is 1.56. The third kappa shape index (κ3) is 6.23. The molecule has 6 nitrogen and oxygen atoms in total. The van der Waals surface area contributed by atoms with Gasteiger partial charge in [0.2, 0.25) is 11.8 Å². The lowest BCUT2D eigenvalue weighted by molar-refractivity contribution is -0.139. The van der Waals surface area contributed by atoms with Crippen LogP contribution in [0.4, 0.5) is 0 Å². The van der Waals surface area contributed by atoms with E-state index in [1.54, 1.807) is 7.11 Å². The predicted octanol–water partition coefficient (Wildman–Crippen LogP) is 5.34. The Hall–Kier alpha value is -2.86. The number of carbonyl (C=O) groups excluding carboxylic acids is 2. The van der Waals surface area contributed by atoms with E-state index in [2.05, 4.69) is 46.6 Å². The molecule has 0 aromatic heterocycles. The Morgan fingerprint density at radius 2 is 1.66 bits per heavy atom. The van der Waals surface area contributed by atoms with Crippen LogP contribution in [0.15, 0.2) is 54.6 Å². The largest absolute Gasteiger partial charge is 0.497 e. The molecule has 2 aromatic carbocycles. The molecule has 204 valence electrons. The van der Waals surface area contributed by atoms with E-state index < -0.39 is 0 Å². The van der Waals surface area contributed by atoms with Gasteiger partial charge in [0.05, 0.1) is 18.6 Å². The molecule has 6 heteroatoms. The van der Waals surface area contributed by atoms with E-state index in [1.807, 2.05) is 23.1 Å². The van der Waals surface area contributed by atoms with Crippen LogP contribution in [0.5, 0.6) is 5.75 Å². The van der Waals surface area contributed by atoms with Crippen molar-refractivity contribution in [1.29, 1.82) is 0 Å². The first-order chi connectivity index (χ1) is 18.6. The molecule has 5 rings (SSSR count). The zero-order valence-electron chi connectivity index (χ0n) is 22.9. The zero-order valence-corrected chi connectivity index (χ0v) is 22.9. The highest BCUT2D eigenvalue weighted by molar-refractivity contribution is 5.85. The number of benzene rings is 2. The number of rotatable bonds is 9. The normalized spacial score (nSPS) is 21.0. The molecule has 0 bridgehead atoms. The molecule has 2 amide bonds. The number of amides is 2. The molecule has 2 aromatic rings. The summed E-state index contributed by atoms with van der Waals surface area (Å²) in [6.45, 7) is 4.34. The van der Waals surface area contributed by atoms with Gasteiger partial charge in [-0.25, -0.2) is 0 Å². The highest BCUT2D eigenvalue weighted by Gasteiger charge is 2.47. The Labute approximate surface area is 227 Å². The SMILES string of the molecule is COc1ccc(CN2CCC3(CCN(CCC(NC(=O)C4CCCCC4)c4ccccc4)CC3)C2=O)cc1. The maximum atomic E-state index is 13.5. The van der Waals surface area contributed by atoms with E-state index in [-0.39, 0.29) is 23.3 Å². The minimum absolute atomic E-state index is 0.0367. The van der Waals surface area contributed by atoms with Gasteiger partial charge in [-0.3, -0.25) is 9.59 Å². The van der Waals surface area contributed by atoms with Crippen LogP contribution in [0.3, 0.4) is 0 Å². The van der Waals surface area contributed by atoms with Crippen molar-refractivity contribution in [3.05, 3.63) is 65.7 Å². The summed E-state index contributed by atoms with van der Waals surface area (Å²) < 4.78 is 5.26. The van der Waals surface area contributed by atoms with Gasteiger partial charge >= 0.3 is 0 Å². The second-order valence-corrected chi connectivity index (χ2v) is 11.5. The maximum Gasteiger partial charge on any atom is 0.229 e. The first-order valence-corrected chi connectivity index (χ1v) is 14.6. The standard InChI is InChI=1S/C32H43N3O3/c1-38-28-14-12-25(13-15-28)24-35-23-19-32(31(35)37)17-21-34(22-18-32)20-16-29(26-8-4-2-5-9-26)33-30(36)27-10-6-3-7-11-27/h2,4-5,8-9,12-15,27,29H,3,6-7,10-11,16-24H2,1H3,(H,33,36). The maximum absolute atomic E-state index is 13.5. The summed E-state index contributed by atoms with van der Waals surface area (Å²) in [5.41, 5.74) is 2.14. The molecule has 1 saturated carbocycles. The van der Waals surface area contributed by atoms with Crippen LogP contribution >= 0.6 is 0 Å². The molecule has 2 heterocycles. The van der Waals surface area contributed by atoms with Crippen molar-refractivity contribution in [1.82, 2.24) is 15.1 Å². The molecule has 0 radical (unpaired) electrons. The molecule has 2 saturated heterocycles. The van der Waals surface area contributed by atoms with Crippen molar-refractivity contribution in [3.63, 3.8) is 0 Å². The summed E-state index contributed by atoms with van der Waals surface area (Å²) in [6.07, 6.45) is 9.33. The molecule has 1 atom stereocenters. The second-order valence-electron chi connectivity index (χ2n) is 11.5. The predicted molar refractivity (Wildman–Crippen MR) is 150 cm³/mol. The van der Waals surface area contributed by atoms with Gasteiger partial charge in [0.25, 0.3) is 0 Å². The molecular formula is C32H43N3O3. The van der Waals surface area contributed by atoms with E-state index in [1.165, 1.54) is 24.8 Å². The number of hydrogen-bond donors (Lipinski definition) is 1. The van der Waals surface area contributed by atoms with Crippen LogP contribution in [0, 0.1) is 11.3 Å². The Balaban J connectivity index is 1.14. The number of nitrogens with one attached hydrogen (secondary N) is 1. The average Bonchev–Trinajstić information content (AvgIpc) is 3.27. The Bertz CT molecular complexity index is 1060. The lowest BCUT2D eigenvalue weighted by atomic mass is 9.77. The number of piperidine rings is 1. The number of hydrogen-bond acceptors (Lipinski definition) is 4. The Morgan fingerprint density at radius 3 is 2.34 bits per heavy atom. The van der Waals surface area contributed by atoms with Crippen molar-refractivity contribution in [2.24, 2.45) is 11.3 Å². The smallest absolute Gasteiger partial charge is 0.229 e. The number of carbonyl (C=O) groups is 2. The molecule has 38 heavy (non-hydrogen) atoms. The average molecular weight is 518 g/mol. The fraction of sp³-hybridized carbons (Fsp3) is 0.562. The minimum Gasteiger partial charge on any atom is -0.497 e.